The molecule has 3 rings (SSSR count). The third-order valence-corrected chi connectivity index (χ3v) is 3.87. The fourth-order valence-corrected chi connectivity index (χ4v) is 2.82. The molecule has 0 N–H and O–H groups in total. The molecule has 2 aromatic carbocycles. The van der Waals surface area contributed by atoms with Gasteiger partial charge in [-0.15, -0.1) is 0 Å². The van der Waals surface area contributed by atoms with Crippen molar-refractivity contribution < 1.29 is 0 Å². The first-order chi connectivity index (χ1) is 10.5. The molecule has 3 aromatic rings. The Morgan fingerprint density at radius 1 is 0.818 bits per heavy atom. The highest BCUT2D eigenvalue weighted by Crippen LogP contribution is 2.27. The quantitative estimate of drug-likeness (QED) is 0.660. The smallest absolute Gasteiger partial charge is 0.0922 e. The van der Waals surface area contributed by atoms with E-state index in [1.165, 1.54) is 16.7 Å². The molecule has 0 atom stereocenters. The molecule has 1 aromatic heterocycles. The van der Waals surface area contributed by atoms with E-state index in [1.807, 2.05) is 25.3 Å². The molecule has 0 aliphatic carbocycles. The molecule has 0 saturated carbocycles. The van der Waals surface area contributed by atoms with Crippen LogP contribution in [0.25, 0.3) is 22.5 Å². The summed E-state index contributed by atoms with van der Waals surface area (Å²) in [5, 5.41) is 0. The molecule has 2 heteroatoms. The lowest BCUT2D eigenvalue weighted by molar-refractivity contribution is 1.12. The van der Waals surface area contributed by atoms with Crippen molar-refractivity contribution in [2.24, 2.45) is 0 Å². The van der Waals surface area contributed by atoms with Gasteiger partial charge in [-0.05, 0) is 45.4 Å². The van der Waals surface area contributed by atoms with Crippen molar-refractivity contribution in [2.75, 3.05) is 0 Å². The summed E-state index contributed by atoms with van der Waals surface area (Å²) >= 11 is 0. The molecule has 0 aliphatic rings. The van der Waals surface area contributed by atoms with Crippen LogP contribution in [0, 0.1) is 27.7 Å². The lowest BCUT2D eigenvalue weighted by Gasteiger charge is -2.11. The first-order valence-corrected chi connectivity index (χ1v) is 7.53. The van der Waals surface area contributed by atoms with Gasteiger partial charge >= 0.3 is 0 Å². The van der Waals surface area contributed by atoms with Gasteiger partial charge in [0.15, 0.2) is 0 Å². The summed E-state index contributed by atoms with van der Waals surface area (Å²) in [7, 11) is 0. The molecule has 0 saturated heterocycles. The molecule has 0 amide bonds. The number of benzene rings is 2. The Bertz CT molecular complexity index is 815. The van der Waals surface area contributed by atoms with Crippen molar-refractivity contribution in [3.63, 3.8) is 0 Å². The fourth-order valence-electron chi connectivity index (χ4n) is 2.82. The summed E-state index contributed by atoms with van der Waals surface area (Å²) in [6.07, 6.45) is 1.86. The van der Waals surface area contributed by atoms with Crippen LogP contribution < -0.4 is 0 Å². The summed E-state index contributed by atoms with van der Waals surface area (Å²) < 4.78 is 0. The summed E-state index contributed by atoms with van der Waals surface area (Å²) in [6.45, 7) is 8.35. The Labute approximate surface area is 131 Å². The second-order valence-corrected chi connectivity index (χ2v) is 5.88. The predicted molar refractivity (Wildman–Crippen MR) is 91.9 cm³/mol. The standard InChI is InChI=1S/C20H20N2/c1-13-9-14(2)11-17(10-13)20-16(4)21-12-19(22-20)18-8-6-5-7-15(18)3/h5-12H,1-4H3. The SMILES string of the molecule is Cc1cc(C)cc(-c2nc(-c3ccccc3C)cnc2C)c1. The van der Waals surface area contributed by atoms with Gasteiger partial charge < -0.3 is 0 Å². The Balaban J connectivity index is 2.17. The highest BCUT2D eigenvalue weighted by Gasteiger charge is 2.10. The highest BCUT2D eigenvalue weighted by atomic mass is 14.8. The van der Waals surface area contributed by atoms with E-state index in [0.29, 0.717) is 0 Å². The molecule has 2 nitrogen and oxygen atoms in total. The van der Waals surface area contributed by atoms with Crippen molar-refractivity contribution in [1.29, 1.82) is 0 Å². The van der Waals surface area contributed by atoms with E-state index < -0.39 is 0 Å². The summed E-state index contributed by atoms with van der Waals surface area (Å²) in [5.74, 6) is 0. The average molecular weight is 288 g/mol. The van der Waals surface area contributed by atoms with Crippen LogP contribution in [0.15, 0.2) is 48.7 Å². The minimum atomic E-state index is 0.929. The molecule has 22 heavy (non-hydrogen) atoms. The molecule has 0 radical (unpaired) electrons. The number of hydrogen-bond acceptors (Lipinski definition) is 2. The van der Waals surface area contributed by atoms with E-state index in [2.05, 4.69) is 56.1 Å². The number of rotatable bonds is 2. The minimum Gasteiger partial charge on any atom is -0.257 e. The van der Waals surface area contributed by atoms with Crippen LogP contribution in [0.1, 0.15) is 22.4 Å². The first-order valence-electron chi connectivity index (χ1n) is 7.53. The molecule has 0 unspecified atom stereocenters. The van der Waals surface area contributed by atoms with E-state index in [1.54, 1.807) is 0 Å². The van der Waals surface area contributed by atoms with Gasteiger partial charge in [0.05, 0.1) is 23.3 Å². The minimum absolute atomic E-state index is 0.929. The maximum absolute atomic E-state index is 4.89. The Kier molecular flexibility index (Phi) is 3.76. The third-order valence-electron chi connectivity index (χ3n) is 3.87. The van der Waals surface area contributed by atoms with Gasteiger partial charge in [0.2, 0.25) is 0 Å². The van der Waals surface area contributed by atoms with Crippen LogP contribution in [0.5, 0.6) is 0 Å². The lowest BCUT2D eigenvalue weighted by atomic mass is 10.0. The maximum Gasteiger partial charge on any atom is 0.0922 e. The lowest BCUT2D eigenvalue weighted by Crippen LogP contribution is -1.97. The predicted octanol–water partition coefficient (Wildman–Crippen LogP) is 5.04. The molecular weight excluding hydrogens is 268 g/mol. The topological polar surface area (TPSA) is 25.8 Å². The highest BCUT2D eigenvalue weighted by molar-refractivity contribution is 5.69. The summed E-state index contributed by atoms with van der Waals surface area (Å²) in [5.41, 5.74) is 8.84. The molecule has 0 spiro atoms. The van der Waals surface area contributed by atoms with Gasteiger partial charge in [-0.2, -0.15) is 0 Å². The van der Waals surface area contributed by atoms with Gasteiger partial charge in [0.25, 0.3) is 0 Å². The average Bonchev–Trinajstić information content (AvgIpc) is 2.47. The molecular formula is C20H20N2. The van der Waals surface area contributed by atoms with E-state index in [0.717, 1.165) is 28.2 Å². The zero-order chi connectivity index (χ0) is 15.7. The zero-order valence-electron chi connectivity index (χ0n) is 13.5. The molecule has 0 aliphatic heterocycles. The van der Waals surface area contributed by atoms with Crippen molar-refractivity contribution in [3.05, 3.63) is 71.0 Å². The third kappa shape index (κ3) is 2.77. The second kappa shape index (κ2) is 5.72. The summed E-state index contributed by atoms with van der Waals surface area (Å²) in [4.78, 5) is 9.46. The molecule has 1 heterocycles. The Hall–Kier alpha value is -2.48. The normalized spacial score (nSPS) is 10.7. The Morgan fingerprint density at radius 3 is 2.18 bits per heavy atom. The van der Waals surface area contributed by atoms with Gasteiger partial charge in [-0.3, -0.25) is 4.98 Å². The van der Waals surface area contributed by atoms with Crippen LogP contribution in [0.3, 0.4) is 0 Å². The van der Waals surface area contributed by atoms with Crippen LogP contribution in [-0.2, 0) is 0 Å². The van der Waals surface area contributed by atoms with Crippen LogP contribution in [0.2, 0.25) is 0 Å². The van der Waals surface area contributed by atoms with Crippen LogP contribution >= 0.6 is 0 Å². The van der Waals surface area contributed by atoms with Crippen molar-refractivity contribution >= 4 is 0 Å². The van der Waals surface area contributed by atoms with Gasteiger partial charge in [0, 0.05) is 11.1 Å². The van der Waals surface area contributed by atoms with Gasteiger partial charge in [-0.1, -0.05) is 41.5 Å². The van der Waals surface area contributed by atoms with Crippen LogP contribution in [0.4, 0.5) is 0 Å². The number of aromatic nitrogens is 2. The zero-order valence-corrected chi connectivity index (χ0v) is 13.5. The second-order valence-electron chi connectivity index (χ2n) is 5.88. The number of nitrogens with zero attached hydrogens (tertiary/aromatic N) is 2. The molecule has 110 valence electrons. The van der Waals surface area contributed by atoms with Gasteiger partial charge in [-0.25, -0.2) is 4.98 Å². The van der Waals surface area contributed by atoms with E-state index in [-0.39, 0.29) is 0 Å². The number of hydrogen-bond donors (Lipinski definition) is 0. The van der Waals surface area contributed by atoms with Crippen molar-refractivity contribution in [2.45, 2.75) is 27.7 Å². The van der Waals surface area contributed by atoms with Crippen molar-refractivity contribution in [3.8, 4) is 22.5 Å². The van der Waals surface area contributed by atoms with E-state index in [9.17, 15) is 0 Å². The monoisotopic (exact) mass is 288 g/mol. The first kappa shape index (κ1) is 14.5. The van der Waals surface area contributed by atoms with E-state index >= 15 is 0 Å². The van der Waals surface area contributed by atoms with Gasteiger partial charge in [0.1, 0.15) is 0 Å². The summed E-state index contributed by atoms with van der Waals surface area (Å²) in [6, 6.07) is 14.8. The number of aryl methyl sites for hydroxylation is 4. The molecule has 0 bridgehead atoms. The fraction of sp³-hybridized carbons (Fsp3) is 0.200. The van der Waals surface area contributed by atoms with E-state index in [4.69, 9.17) is 4.98 Å². The molecule has 0 fully saturated rings. The van der Waals surface area contributed by atoms with Crippen LogP contribution in [-0.4, -0.2) is 9.97 Å². The Morgan fingerprint density at radius 2 is 1.50 bits per heavy atom. The van der Waals surface area contributed by atoms with Crippen molar-refractivity contribution in [1.82, 2.24) is 9.97 Å². The largest absolute Gasteiger partial charge is 0.257 e. The maximum atomic E-state index is 4.89.